The Morgan fingerprint density at radius 3 is 2.71 bits per heavy atom. The molecule has 3 aromatic rings. The maximum atomic E-state index is 12.1. The van der Waals surface area contributed by atoms with Crippen LogP contribution < -0.4 is 4.74 Å². The van der Waals surface area contributed by atoms with Gasteiger partial charge < -0.3 is 14.2 Å². The number of aryl methyl sites for hydroxylation is 1. The lowest BCUT2D eigenvalue weighted by molar-refractivity contribution is -0.133. The average molecular weight is 396 g/mol. The molecule has 0 aliphatic heterocycles. The molecular formula is C21H20N2O4S. The lowest BCUT2D eigenvalue weighted by Crippen LogP contribution is -2.05. The molecule has 0 saturated heterocycles. The number of para-hydroxylation sites is 1. The molecule has 0 spiro atoms. The molecule has 0 bridgehead atoms. The van der Waals surface area contributed by atoms with Gasteiger partial charge in [-0.3, -0.25) is 0 Å². The minimum absolute atomic E-state index is 0.255. The third-order valence-electron chi connectivity index (χ3n) is 3.91. The molecule has 2 aromatic carbocycles. The second-order valence-corrected chi connectivity index (χ2v) is 6.71. The van der Waals surface area contributed by atoms with E-state index in [0.717, 1.165) is 5.56 Å². The van der Waals surface area contributed by atoms with Crippen LogP contribution in [0.4, 0.5) is 0 Å². The summed E-state index contributed by atoms with van der Waals surface area (Å²) < 4.78 is 20.1. The van der Waals surface area contributed by atoms with Gasteiger partial charge >= 0.3 is 5.97 Å². The van der Waals surface area contributed by atoms with E-state index in [1.165, 1.54) is 37.6 Å². The van der Waals surface area contributed by atoms with E-state index in [9.17, 15) is 4.79 Å². The zero-order chi connectivity index (χ0) is 19.9. The number of rotatable bonds is 7. The van der Waals surface area contributed by atoms with Gasteiger partial charge in [0.2, 0.25) is 0 Å². The minimum atomic E-state index is -0.518. The van der Waals surface area contributed by atoms with E-state index in [4.69, 9.17) is 14.2 Å². The van der Waals surface area contributed by atoms with Crippen LogP contribution in [0.5, 0.6) is 10.9 Å². The topological polar surface area (TPSA) is 70.5 Å². The van der Waals surface area contributed by atoms with E-state index < -0.39 is 5.97 Å². The molecule has 1 heterocycles. The lowest BCUT2D eigenvalue weighted by atomic mass is 10.1. The van der Waals surface area contributed by atoms with Crippen molar-refractivity contribution < 1.29 is 19.0 Å². The SMILES string of the molecule is COC=C(C(=O)OC)c1ccccc1Oc1nc(Cc2cccc(C)c2)ns1. The van der Waals surface area contributed by atoms with Crippen molar-refractivity contribution in [1.82, 2.24) is 9.36 Å². The van der Waals surface area contributed by atoms with Crippen LogP contribution in [-0.2, 0) is 20.7 Å². The van der Waals surface area contributed by atoms with Gasteiger partial charge in [-0.1, -0.05) is 48.0 Å². The highest BCUT2D eigenvalue weighted by Gasteiger charge is 2.19. The maximum absolute atomic E-state index is 12.1. The van der Waals surface area contributed by atoms with Gasteiger partial charge in [0.05, 0.1) is 20.5 Å². The summed E-state index contributed by atoms with van der Waals surface area (Å²) in [5.41, 5.74) is 3.14. The zero-order valence-corrected chi connectivity index (χ0v) is 16.7. The van der Waals surface area contributed by atoms with Crippen LogP contribution in [0.1, 0.15) is 22.5 Å². The summed E-state index contributed by atoms with van der Waals surface area (Å²) in [5.74, 6) is 0.633. The number of aromatic nitrogens is 2. The number of carbonyl (C=O) groups excluding carboxylic acids is 1. The Morgan fingerprint density at radius 1 is 1.14 bits per heavy atom. The quantitative estimate of drug-likeness (QED) is 0.335. The van der Waals surface area contributed by atoms with Crippen molar-refractivity contribution in [2.75, 3.05) is 14.2 Å². The standard InChI is InChI=1S/C21H20N2O4S/c1-14-7-6-8-15(11-14)12-19-22-21(28-23-19)27-18-10-5-4-9-16(18)17(13-25-2)20(24)26-3/h4-11,13H,12H2,1-3H3. The first kappa shape index (κ1) is 19.6. The van der Waals surface area contributed by atoms with Gasteiger partial charge in [0, 0.05) is 23.5 Å². The first-order valence-corrected chi connectivity index (χ1v) is 9.34. The molecule has 144 valence electrons. The second-order valence-electron chi connectivity index (χ2n) is 6.00. The van der Waals surface area contributed by atoms with Crippen LogP contribution in [0.3, 0.4) is 0 Å². The Morgan fingerprint density at radius 2 is 1.96 bits per heavy atom. The summed E-state index contributed by atoms with van der Waals surface area (Å²) in [5, 5.41) is 0.400. The van der Waals surface area contributed by atoms with Crippen LogP contribution in [0.2, 0.25) is 0 Å². The summed E-state index contributed by atoms with van der Waals surface area (Å²) >= 11 is 1.17. The van der Waals surface area contributed by atoms with Crippen molar-refractivity contribution in [3.63, 3.8) is 0 Å². The second kappa shape index (κ2) is 9.14. The fraction of sp³-hybridized carbons (Fsp3) is 0.190. The summed E-state index contributed by atoms with van der Waals surface area (Å²) in [7, 11) is 2.78. The number of nitrogens with zero attached hydrogens (tertiary/aromatic N) is 2. The van der Waals surface area contributed by atoms with E-state index in [1.807, 2.05) is 18.2 Å². The predicted molar refractivity (Wildman–Crippen MR) is 107 cm³/mol. The summed E-state index contributed by atoms with van der Waals surface area (Å²) in [6.07, 6.45) is 1.96. The fourth-order valence-corrected chi connectivity index (χ4v) is 3.24. The van der Waals surface area contributed by atoms with E-state index >= 15 is 0 Å². The molecule has 0 N–H and O–H groups in total. The Bertz CT molecular complexity index is 997. The minimum Gasteiger partial charge on any atom is -0.503 e. The van der Waals surface area contributed by atoms with E-state index in [2.05, 4.69) is 28.4 Å². The van der Waals surface area contributed by atoms with Crippen LogP contribution in [-0.4, -0.2) is 29.5 Å². The molecule has 7 heteroatoms. The Labute approximate surface area is 167 Å². The predicted octanol–water partition coefficient (Wildman–Crippen LogP) is 4.39. The molecule has 0 fully saturated rings. The monoisotopic (exact) mass is 396 g/mol. The van der Waals surface area contributed by atoms with Crippen molar-refractivity contribution in [3.05, 3.63) is 77.3 Å². The average Bonchev–Trinajstić information content (AvgIpc) is 3.13. The summed E-state index contributed by atoms with van der Waals surface area (Å²) in [6, 6.07) is 15.3. The van der Waals surface area contributed by atoms with Crippen molar-refractivity contribution in [2.24, 2.45) is 0 Å². The Hall–Kier alpha value is -3.19. The van der Waals surface area contributed by atoms with Crippen LogP contribution in [0, 0.1) is 6.92 Å². The molecule has 6 nitrogen and oxygen atoms in total. The first-order valence-electron chi connectivity index (χ1n) is 8.57. The maximum Gasteiger partial charge on any atom is 0.341 e. The van der Waals surface area contributed by atoms with Gasteiger partial charge in [-0.25, -0.2) is 4.79 Å². The van der Waals surface area contributed by atoms with Crippen molar-refractivity contribution in [3.8, 4) is 10.9 Å². The summed E-state index contributed by atoms with van der Waals surface area (Å²) in [6.45, 7) is 2.05. The Balaban J connectivity index is 1.82. The van der Waals surface area contributed by atoms with Gasteiger partial charge in [-0.05, 0) is 18.6 Å². The van der Waals surface area contributed by atoms with Crippen LogP contribution in [0.25, 0.3) is 5.57 Å². The zero-order valence-electron chi connectivity index (χ0n) is 15.8. The largest absolute Gasteiger partial charge is 0.503 e. The van der Waals surface area contributed by atoms with Crippen molar-refractivity contribution >= 4 is 23.1 Å². The number of hydrogen-bond donors (Lipinski definition) is 0. The Kier molecular flexibility index (Phi) is 6.39. The number of hydrogen-bond acceptors (Lipinski definition) is 7. The van der Waals surface area contributed by atoms with E-state index in [-0.39, 0.29) is 5.57 Å². The molecule has 1 aromatic heterocycles. The van der Waals surface area contributed by atoms with Crippen LogP contribution >= 0.6 is 11.5 Å². The van der Waals surface area contributed by atoms with Crippen LogP contribution in [0.15, 0.2) is 54.8 Å². The molecule has 0 atom stereocenters. The third kappa shape index (κ3) is 4.75. The third-order valence-corrected chi connectivity index (χ3v) is 4.54. The molecule has 0 aliphatic rings. The number of ether oxygens (including phenoxy) is 3. The van der Waals surface area contributed by atoms with Gasteiger partial charge in [0.25, 0.3) is 5.19 Å². The highest BCUT2D eigenvalue weighted by atomic mass is 32.1. The molecule has 28 heavy (non-hydrogen) atoms. The van der Waals surface area contributed by atoms with Gasteiger partial charge in [0.1, 0.15) is 11.3 Å². The number of esters is 1. The van der Waals surface area contributed by atoms with Gasteiger partial charge in [-0.15, -0.1) is 0 Å². The molecule has 0 aliphatic carbocycles. The molecule has 3 rings (SSSR count). The molecular weight excluding hydrogens is 376 g/mol. The molecule has 0 amide bonds. The molecule has 0 saturated carbocycles. The number of carbonyl (C=O) groups is 1. The molecule has 0 radical (unpaired) electrons. The van der Waals surface area contributed by atoms with Crippen molar-refractivity contribution in [1.29, 1.82) is 0 Å². The van der Waals surface area contributed by atoms with Crippen molar-refractivity contribution in [2.45, 2.75) is 13.3 Å². The van der Waals surface area contributed by atoms with Gasteiger partial charge in [0.15, 0.2) is 5.82 Å². The number of benzene rings is 2. The highest BCUT2D eigenvalue weighted by molar-refractivity contribution is 7.07. The lowest BCUT2D eigenvalue weighted by Gasteiger charge is -2.10. The van der Waals surface area contributed by atoms with E-state index in [1.54, 1.807) is 18.2 Å². The highest BCUT2D eigenvalue weighted by Crippen LogP contribution is 2.32. The summed E-state index contributed by atoms with van der Waals surface area (Å²) in [4.78, 5) is 16.6. The fourth-order valence-electron chi connectivity index (χ4n) is 2.68. The normalized spacial score (nSPS) is 11.2. The van der Waals surface area contributed by atoms with E-state index in [0.29, 0.717) is 28.8 Å². The first-order chi connectivity index (χ1) is 13.6. The smallest absolute Gasteiger partial charge is 0.341 e. The van der Waals surface area contributed by atoms with Gasteiger partial charge in [-0.2, -0.15) is 9.36 Å². The molecule has 0 unspecified atom stereocenters. The number of methoxy groups -OCH3 is 2.